The number of nitrogens with one attached hydrogen (secondary N) is 1. The van der Waals surface area contributed by atoms with Crippen LogP contribution in [0.15, 0.2) is 42.5 Å². The minimum atomic E-state index is -0.432. The second-order valence-corrected chi connectivity index (χ2v) is 7.00. The third-order valence-corrected chi connectivity index (χ3v) is 4.89. The fourth-order valence-electron chi connectivity index (χ4n) is 2.71. The molecule has 0 radical (unpaired) electrons. The van der Waals surface area contributed by atoms with E-state index in [4.69, 9.17) is 0 Å². The van der Waals surface area contributed by atoms with Crippen molar-refractivity contribution in [3.05, 3.63) is 63.7 Å². The summed E-state index contributed by atoms with van der Waals surface area (Å²) in [5.74, 6) is -0.193. The lowest BCUT2D eigenvalue weighted by atomic mass is 10.0. The first-order valence-corrected chi connectivity index (χ1v) is 8.77. The van der Waals surface area contributed by atoms with E-state index in [1.54, 1.807) is 12.1 Å². The number of nitrogens with zero attached hydrogens (tertiary/aromatic N) is 2. The van der Waals surface area contributed by atoms with Crippen LogP contribution in [0.5, 0.6) is 0 Å². The van der Waals surface area contributed by atoms with E-state index in [1.165, 1.54) is 30.4 Å². The fourth-order valence-corrected chi connectivity index (χ4v) is 3.84. The average Bonchev–Trinajstić information content (AvgIpc) is 2.97. The Bertz CT molecular complexity index is 994. The molecule has 26 heavy (non-hydrogen) atoms. The number of nitro benzene ring substituents is 1. The molecule has 0 fully saturated rings. The van der Waals surface area contributed by atoms with Crippen LogP contribution in [0.3, 0.4) is 0 Å². The summed E-state index contributed by atoms with van der Waals surface area (Å²) >= 11 is 1.39. The Morgan fingerprint density at radius 1 is 1.15 bits per heavy atom. The highest BCUT2D eigenvalue weighted by Gasteiger charge is 2.18. The summed E-state index contributed by atoms with van der Waals surface area (Å²) in [5, 5.41) is 14.1. The summed E-state index contributed by atoms with van der Waals surface area (Å²) in [7, 11) is 0. The Kier molecular flexibility index (Phi) is 4.81. The molecule has 1 N–H and O–H groups in total. The monoisotopic (exact) mass is 367 g/mol. The van der Waals surface area contributed by atoms with Crippen LogP contribution in [0, 0.1) is 24.0 Å². The van der Waals surface area contributed by atoms with Crippen molar-refractivity contribution in [2.24, 2.45) is 0 Å². The average molecular weight is 367 g/mol. The van der Waals surface area contributed by atoms with Gasteiger partial charge in [0.05, 0.1) is 15.5 Å². The second-order valence-electron chi connectivity index (χ2n) is 6.00. The lowest BCUT2D eigenvalue weighted by Crippen LogP contribution is -2.04. The molecule has 0 atom stereocenters. The van der Waals surface area contributed by atoms with Gasteiger partial charge in [0.15, 0.2) is 5.13 Å². The Balaban J connectivity index is 2.14. The molecule has 3 rings (SSSR count). The highest BCUT2D eigenvalue weighted by atomic mass is 32.1. The number of benzene rings is 2. The largest absolute Gasteiger partial charge is 0.302 e. The summed E-state index contributed by atoms with van der Waals surface area (Å²) in [4.78, 5) is 27.3. The molecule has 7 heteroatoms. The van der Waals surface area contributed by atoms with E-state index in [0.717, 1.165) is 27.1 Å². The minimum Gasteiger partial charge on any atom is -0.302 e. The number of aryl methyl sites for hydroxylation is 2. The summed E-state index contributed by atoms with van der Waals surface area (Å²) in [5.41, 5.74) is 4.78. The van der Waals surface area contributed by atoms with Crippen LogP contribution >= 0.6 is 11.3 Å². The number of anilines is 1. The van der Waals surface area contributed by atoms with Crippen molar-refractivity contribution in [2.45, 2.75) is 20.8 Å². The molecule has 0 aliphatic rings. The molecule has 0 saturated heterocycles. The molecular formula is C19H17N3O3S. The molecule has 132 valence electrons. The third kappa shape index (κ3) is 3.62. The van der Waals surface area contributed by atoms with E-state index in [0.29, 0.717) is 10.8 Å². The van der Waals surface area contributed by atoms with Crippen LogP contribution in [-0.2, 0) is 4.79 Å². The van der Waals surface area contributed by atoms with Crippen molar-refractivity contribution in [3.8, 4) is 21.7 Å². The maximum absolute atomic E-state index is 11.4. The van der Waals surface area contributed by atoms with Crippen LogP contribution in [0.4, 0.5) is 10.8 Å². The zero-order valence-corrected chi connectivity index (χ0v) is 15.4. The van der Waals surface area contributed by atoms with Gasteiger partial charge in [-0.2, -0.15) is 0 Å². The first kappa shape index (κ1) is 17.8. The number of nitro groups is 1. The number of thiazole rings is 1. The topological polar surface area (TPSA) is 85.1 Å². The standard InChI is InChI=1S/C19H17N3O3S/c1-11-4-9-16(12(2)10-11)18-17(21-19(26-18)20-13(3)23)14-5-7-15(8-6-14)22(24)25/h4-10H,1-3H3,(H,20,21,23). The Labute approximate surface area is 154 Å². The lowest BCUT2D eigenvalue weighted by Gasteiger charge is -2.07. The third-order valence-electron chi connectivity index (χ3n) is 3.89. The van der Waals surface area contributed by atoms with Crippen LogP contribution < -0.4 is 5.32 Å². The molecule has 0 unspecified atom stereocenters. The molecule has 1 heterocycles. The molecule has 0 aliphatic heterocycles. The molecular weight excluding hydrogens is 350 g/mol. The van der Waals surface area contributed by atoms with Crippen molar-refractivity contribution < 1.29 is 9.72 Å². The number of aromatic nitrogens is 1. The summed E-state index contributed by atoms with van der Waals surface area (Å²) in [6.07, 6.45) is 0. The van der Waals surface area contributed by atoms with Gasteiger partial charge in [-0.25, -0.2) is 4.98 Å². The van der Waals surface area contributed by atoms with E-state index in [2.05, 4.69) is 16.4 Å². The number of carbonyl (C=O) groups is 1. The van der Waals surface area contributed by atoms with Crippen LogP contribution in [0.1, 0.15) is 18.1 Å². The molecule has 1 aromatic heterocycles. The molecule has 0 saturated carbocycles. The van der Waals surface area contributed by atoms with Gasteiger partial charge in [0, 0.05) is 24.6 Å². The number of amides is 1. The van der Waals surface area contributed by atoms with E-state index in [-0.39, 0.29) is 11.6 Å². The van der Waals surface area contributed by atoms with Gasteiger partial charge in [0.1, 0.15) is 0 Å². The first-order valence-electron chi connectivity index (χ1n) is 7.96. The molecule has 6 nitrogen and oxygen atoms in total. The number of hydrogen-bond acceptors (Lipinski definition) is 5. The van der Waals surface area contributed by atoms with Crippen molar-refractivity contribution in [1.82, 2.24) is 4.98 Å². The Morgan fingerprint density at radius 3 is 2.42 bits per heavy atom. The lowest BCUT2D eigenvalue weighted by molar-refractivity contribution is -0.384. The predicted molar refractivity (Wildman–Crippen MR) is 103 cm³/mol. The van der Waals surface area contributed by atoms with E-state index >= 15 is 0 Å². The highest BCUT2D eigenvalue weighted by molar-refractivity contribution is 7.19. The summed E-state index contributed by atoms with van der Waals surface area (Å²) in [6, 6.07) is 12.4. The summed E-state index contributed by atoms with van der Waals surface area (Å²) < 4.78 is 0. The molecule has 0 bridgehead atoms. The van der Waals surface area contributed by atoms with Crippen molar-refractivity contribution in [1.29, 1.82) is 0 Å². The molecule has 3 aromatic rings. The quantitative estimate of drug-likeness (QED) is 0.522. The first-order chi connectivity index (χ1) is 12.3. The van der Waals surface area contributed by atoms with Gasteiger partial charge in [0.25, 0.3) is 5.69 Å². The minimum absolute atomic E-state index is 0.0270. The Morgan fingerprint density at radius 2 is 1.85 bits per heavy atom. The zero-order chi connectivity index (χ0) is 18.8. The number of rotatable bonds is 4. The molecule has 1 amide bonds. The van der Waals surface area contributed by atoms with Gasteiger partial charge in [-0.15, -0.1) is 0 Å². The summed E-state index contributed by atoms with van der Waals surface area (Å²) in [6.45, 7) is 5.49. The van der Waals surface area contributed by atoms with Gasteiger partial charge in [-0.3, -0.25) is 14.9 Å². The molecule has 2 aromatic carbocycles. The van der Waals surface area contributed by atoms with Crippen LogP contribution in [0.2, 0.25) is 0 Å². The van der Waals surface area contributed by atoms with Gasteiger partial charge in [-0.1, -0.05) is 35.1 Å². The number of carbonyl (C=O) groups excluding carboxylic acids is 1. The van der Waals surface area contributed by atoms with Crippen LogP contribution in [-0.4, -0.2) is 15.8 Å². The predicted octanol–water partition coefficient (Wildman–Crippen LogP) is 4.96. The number of non-ortho nitro benzene ring substituents is 1. The van der Waals surface area contributed by atoms with E-state index in [9.17, 15) is 14.9 Å². The fraction of sp³-hybridized carbons (Fsp3) is 0.158. The maximum atomic E-state index is 11.4. The van der Waals surface area contributed by atoms with Gasteiger partial charge in [0.2, 0.25) is 5.91 Å². The highest BCUT2D eigenvalue weighted by Crippen LogP contribution is 2.40. The molecule has 0 spiro atoms. The normalized spacial score (nSPS) is 10.6. The smallest absolute Gasteiger partial charge is 0.269 e. The van der Waals surface area contributed by atoms with Gasteiger partial charge in [-0.05, 0) is 37.1 Å². The van der Waals surface area contributed by atoms with Crippen molar-refractivity contribution >= 4 is 28.1 Å². The van der Waals surface area contributed by atoms with Crippen LogP contribution in [0.25, 0.3) is 21.7 Å². The van der Waals surface area contributed by atoms with E-state index < -0.39 is 4.92 Å². The SMILES string of the molecule is CC(=O)Nc1nc(-c2ccc([N+](=O)[O-])cc2)c(-c2ccc(C)cc2C)s1. The van der Waals surface area contributed by atoms with Gasteiger partial charge >= 0.3 is 0 Å². The zero-order valence-electron chi connectivity index (χ0n) is 14.6. The second kappa shape index (κ2) is 7.05. The van der Waals surface area contributed by atoms with E-state index in [1.807, 2.05) is 26.0 Å². The van der Waals surface area contributed by atoms with Gasteiger partial charge < -0.3 is 5.32 Å². The van der Waals surface area contributed by atoms with Crippen molar-refractivity contribution in [2.75, 3.05) is 5.32 Å². The molecule has 0 aliphatic carbocycles. The van der Waals surface area contributed by atoms with Crippen molar-refractivity contribution in [3.63, 3.8) is 0 Å². The maximum Gasteiger partial charge on any atom is 0.269 e. The Hall–Kier alpha value is -3.06. The number of hydrogen-bond donors (Lipinski definition) is 1.